The number of pyridine rings is 2. The molecule has 0 saturated carbocycles. The van der Waals surface area contributed by atoms with Gasteiger partial charge in [0.2, 0.25) is 0 Å². The van der Waals surface area contributed by atoms with Gasteiger partial charge in [0.05, 0.1) is 5.39 Å². The summed E-state index contributed by atoms with van der Waals surface area (Å²) in [7, 11) is 2.97. The van der Waals surface area contributed by atoms with Crippen molar-refractivity contribution in [2.75, 3.05) is 26.2 Å². The van der Waals surface area contributed by atoms with Crippen LogP contribution in [0.25, 0.3) is 11.0 Å². The number of carbonyl (C=O) groups is 1. The SMILES string of the molecule is Cn1c(=O)c2ccc(C(=O)N3CCN(Cc4ccncc4)CC3)nc2n(C)c1=O. The molecule has 0 spiro atoms. The van der Waals surface area contributed by atoms with Crippen LogP contribution in [0, 0.1) is 0 Å². The Morgan fingerprint density at radius 2 is 1.66 bits per heavy atom. The Bertz CT molecular complexity index is 1180. The van der Waals surface area contributed by atoms with Gasteiger partial charge < -0.3 is 4.90 Å². The Morgan fingerprint density at radius 1 is 0.966 bits per heavy atom. The van der Waals surface area contributed by atoms with Crippen LogP contribution in [0.15, 0.2) is 46.2 Å². The summed E-state index contributed by atoms with van der Waals surface area (Å²) in [6.45, 7) is 3.55. The van der Waals surface area contributed by atoms with Gasteiger partial charge in [-0.25, -0.2) is 9.78 Å². The van der Waals surface area contributed by atoms with E-state index in [1.807, 2.05) is 12.1 Å². The fourth-order valence-electron chi connectivity index (χ4n) is 3.59. The molecule has 9 heteroatoms. The van der Waals surface area contributed by atoms with Crippen LogP contribution >= 0.6 is 0 Å². The molecule has 29 heavy (non-hydrogen) atoms. The Balaban J connectivity index is 1.51. The van der Waals surface area contributed by atoms with Crippen LogP contribution in [0.1, 0.15) is 16.1 Å². The standard InChI is InChI=1S/C20H22N6O3/c1-23-17-15(18(27)24(2)20(23)29)3-4-16(22-17)19(28)26-11-9-25(10-12-26)13-14-5-7-21-8-6-14/h3-8H,9-13H2,1-2H3. The number of rotatable bonds is 3. The van der Waals surface area contributed by atoms with Crippen LogP contribution in [0.2, 0.25) is 0 Å². The third-order valence-corrected chi connectivity index (χ3v) is 5.34. The van der Waals surface area contributed by atoms with Crippen molar-refractivity contribution in [2.24, 2.45) is 14.1 Å². The second-order valence-corrected chi connectivity index (χ2v) is 7.20. The molecular weight excluding hydrogens is 372 g/mol. The summed E-state index contributed by atoms with van der Waals surface area (Å²) in [6.07, 6.45) is 3.56. The van der Waals surface area contributed by atoms with E-state index < -0.39 is 11.2 Å². The lowest BCUT2D eigenvalue weighted by Crippen LogP contribution is -2.48. The van der Waals surface area contributed by atoms with Crippen LogP contribution in [0.3, 0.4) is 0 Å². The van der Waals surface area contributed by atoms with Crippen molar-refractivity contribution in [3.63, 3.8) is 0 Å². The lowest BCUT2D eigenvalue weighted by Gasteiger charge is -2.34. The summed E-state index contributed by atoms with van der Waals surface area (Å²) in [5.41, 5.74) is 0.769. The second kappa shape index (κ2) is 7.59. The van der Waals surface area contributed by atoms with Gasteiger partial charge in [-0.1, -0.05) is 0 Å². The molecule has 0 aromatic carbocycles. The maximum absolute atomic E-state index is 12.9. The van der Waals surface area contributed by atoms with E-state index in [4.69, 9.17) is 0 Å². The monoisotopic (exact) mass is 394 g/mol. The Morgan fingerprint density at radius 3 is 2.34 bits per heavy atom. The molecule has 1 aliphatic heterocycles. The van der Waals surface area contributed by atoms with E-state index in [-0.39, 0.29) is 17.2 Å². The van der Waals surface area contributed by atoms with Gasteiger partial charge >= 0.3 is 5.69 Å². The van der Waals surface area contributed by atoms with Crippen molar-refractivity contribution < 1.29 is 4.79 Å². The average Bonchev–Trinajstić information content (AvgIpc) is 2.76. The zero-order chi connectivity index (χ0) is 20.5. The van der Waals surface area contributed by atoms with Crippen LogP contribution in [-0.2, 0) is 20.6 Å². The largest absolute Gasteiger partial charge is 0.335 e. The van der Waals surface area contributed by atoms with E-state index in [0.29, 0.717) is 18.5 Å². The number of amides is 1. The minimum atomic E-state index is -0.468. The molecule has 0 N–H and O–H groups in total. The third-order valence-electron chi connectivity index (χ3n) is 5.34. The Kier molecular flexibility index (Phi) is 4.98. The summed E-state index contributed by atoms with van der Waals surface area (Å²) >= 11 is 0. The lowest BCUT2D eigenvalue weighted by molar-refractivity contribution is 0.0623. The zero-order valence-electron chi connectivity index (χ0n) is 16.4. The first-order valence-corrected chi connectivity index (χ1v) is 9.43. The summed E-state index contributed by atoms with van der Waals surface area (Å²) in [6, 6.07) is 7.10. The first-order chi connectivity index (χ1) is 14.0. The highest BCUT2D eigenvalue weighted by atomic mass is 16.2. The summed E-state index contributed by atoms with van der Waals surface area (Å²) in [5.74, 6) is -0.191. The average molecular weight is 394 g/mol. The second-order valence-electron chi connectivity index (χ2n) is 7.20. The number of aromatic nitrogens is 4. The van der Waals surface area contributed by atoms with Crippen molar-refractivity contribution >= 4 is 16.9 Å². The molecule has 0 atom stereocenters. The Hall–Kier alpha value is -3.33. The topological polar surface area (TPSA) is 93.3 Å². The van der Waals surface area contributed by atoms with Crippen LogP contribution < -0.4 is 11.2 Å². The highest BCUT2D eigenvalue weighted by Gasteiger charge is 2.24. The quantitative estimate of drug-likeness (QED) is 0.620. The molecule has 0 radical (unpaired) electrons. The smallest absolute Gasteiger partial charge is 0.332 e. The van der Waals surface area contributed by atoms with Crippen molar-refractivity contribution in [3.05, 3.63) is 68.8 Å². The number of nitrogens with zero attached hydrogens (tertiary/aromatic N) is 6. The van der Waals surface area contributed by atoms with Crippen LogP contribution in [0.5, 0.6) is 0 Å². The van der Waals surface area contributed by atoms with E-state index in [0.717, 1.165) is 24.2 Å². The molecule has 150 valence electrons. The molecule has 1 saturated heterocycles. The lowest BCUT2D eigenvalue weighted by atomic mass is 10.2. The predicted octanol–water partition coefficient (Wildman–Crippen LogP) is -0.0148. The first kappa shape index (κ1) is 19.0. The number of hydrogen-bond donors (Lipinski definition) is 0. The van der Waals surface area contributed by atoms with Gasteiger partial charge in [0.25, 0.3) is 11.5 Å². The minimum absolute atomic E-state index is 0.191. The van der Waals surface area contributed by atoms with E-state index in [1.54, 1.807) is 36.5 Å². The van der Waals surface area contributed by atoms with Gasteiger partial charge in [-0.05, 0) is 29.8 Å². The number of fused-ring (bicyclic) bond motifs is 1. The fraction of sp³-hybridized carbons (Fsp3) is 0.350. The van der Waals surface area contributed by atoms with Gasteiger partial charge in [0, 0.05) is 59.2 Å². The van der Waals surface area contributed by atoms with Crippen LogP contribution in [0.4, 0.5) is 0 Å². The van der Waals surface area contributed by atoms with Gasteiger partial charge in [-0.15, -0.1) is 0 Å². The summed E-state index contributed by atoms with van der Waals surface area (Å²) in [4.78, 5) is 49.8. The predicted molar refractivity (Wildman–Crippen MR) is 108 cm³/mol. The molecule has 1 aliphatic rings. The van der Waals surface area contributed by atoms with Gasteiger partial charge in [0.1, 0.15) is 11.3 Å². The van der Waals surface area contributed by atoms with Crippen molar-refractivity contribution in [1.82, 2.24) is 28.9 Å². The molecule has 1 fully saturated rings. The van der Waals surface area contributed by atoms with Gasteiger partial charge in [0.15, 0.2) is 0 Å². The van der Waals surface area contributed by atoms with E-state index >= 15 is 0 Å². The molecule has 3 aromatic heterocycles. The molecule has 0 bridgehead atoms. The first-order valence-electron chi connectivity index (χ1n) is 9.43. The molecule has 4 rings (SSSR count). The van der Waals surface area contributed by atoms with Crippen LogP contribution in [-0.4, -0.2) is 61.0 Å². The normalized spacial score (nSPS) is 15.0. The van der Waals surface area contributed by atoms with Crippen molar-refractivity contribution in [3.8, 4) is 0 Å². The summed E-state index contributed by atoms with van der Waals surface area (Å²) < 4.78 is 2.33. The van der Waals surface area contributed by atoms with Crippen molar-refractivity contribution in [1.29, 1.82) is 0 Å². The third kappa shape index (κ3) is 3.56. The molecule has 0 aliphatic carbocycles. The molecule has 0 unspecified atom stereocenters. The highest BCUT2D eigenvalue weighted by molar-refractivity contribution is 5.94. The molecule has 9 nitrogen and oxygen atoms in total. The van der Waals surface area contributed by atoms with E-state index in [2.05, 4.69) is 14.9 Å². The number of hydrogen-bond acceptors (Lipinski definition) is 6. The maximum Gasteiger partial charge on any atom is 0.332 e. The van der Waals surface area contributed by atoms with Crippen molar-refractivity contribution in [2.45, 2.75) is 6.54 Å². The molecule has 4 heterocycles. The minimum Gasteiger partial charge on any atom is -0.335 e. The molecule has 1 amide bonds. The Labute approximate surface area is 166 Å². The van der Waals surface area contributed by atoms with Gasteiger partial charge in [-0.2, -0.15) is 0 Å². The van der Waals surface area contributed by atoms with Gasteiger partial charge in [-0.3, -0.25) is 28.6 Å². The number of aryl methyl sites for hydroxylation is 1. The maximum atomic E-state index is 12.9. The molecule has 3 aromatic rings. The van der Waals surface area contributed by atoms with E-state index in [9.17, 15) is 14.4 Å². The zero-order valence-corrected chi connectivity index (χ0v) is 16.4. The highest BCUT2D eigenvalue weighted by Crippen LogP contribution is 2.12. The number of carbonyl (C=O) groups excluding carboxylic acids is 1. The summed E-state index contributed by atoms with van der Waals surface area (Å²) in [5, 5.41) is 0.313. The van der Waals surface area contributed by atoms with E-state index in [1.165, 1.54) is 17.2 Å². The fourth-order valence-corrected chi connectivity index (χ4v) is 3.59. The number of piperazine rings is 1. The molecular formula is C20H22N6O3.